The number of fused-ring (bicyclic) bond motifs is 5. The van der Waals surface area contributed by atoms with E-state index in [4.69, 9.17) is 37.9 Å². The van der Waals surface area contributed by atoms with Crippen molar-refractivity contribution in [2.24, 2.45) is 45.3 Å². The van der Waals surface area contributed by atoms with Gasteiger partial charge >= 0.3 is 0 Å². The molecule has 0 bridgehead atoms. The van der Waals surface area contributed by atoms with Crippen LogP contribution in [0.5, 0.6) is 0 Å². The fraction of sp³-hybridized carbons (Fsp3) is 0.963. The highest BCUT2D eigenvalue weighted by molar-refractivity contribution is 5.22. The standard InChI is InChI=1S/C54H92O23/c1-22(2)11-10-14-54(9,77-48-43(69)39(65)36(62)29(75-48)21-70-46-41(67)38(64)34(60)27(19-55)73-46)24-12-16-52(7)32(24)25(57)17-30-51(6)15-13-31(58)50(4,5)45(51)26(18-53(30,52)8)72-49-44(40(66)35(61)28(20-56)74-49)76-47-42(68)37(63)33(59)23(3)71-47/h11,23-49,55-69H,10,12-21H2,1-9H3/t23-,24+,25-,26-,27-,28-,29+,30+,31+,32+,33+,34+,35-,36+,37+,38-,39+,40-,41-,42-,43+,44+,45+,46-,47-,48+,49-,51-,52+,53-,54-/m0/s1. The van der Waals surface area contributed by atoms with Crippen molar-refractivity contribution < 1.29 is 114 Å². The number of hydrogen-bond acceptors (Lipinski definition) is 23. The van der Waals surface area contributed by atoms with Gasteiger partial charge in [-0.05, 0) is 124 Å². The predicted molar refractivity (Wildman–Crippen MR) is 266 cm³/mol. The van der Waals surface area contributed by atoms with Crippen LogP contribution in [-0.2, 0) is 37.9 Å². The molecule has 4 aliphatic carbocycles. The van der Waals surface area contributed by atoms with Gasteiger partial charge in [0.05, 0.1) is 49.8 Å². The molecule has 0 radical (unpaired) electrons. The summed E-state index contributed by atoms with van der Waals surface area (Å²) in [4.78, 5) is 0. The molecule has 4 saturated heterocycles. The quantitative estimate of drug-likeness (QED) is 0.0611. The highest BCUT2D eigenvalue weighted by atomic mass is 16.8. The summed E-state index contributed by atoms with van der Waals surface area (Å²) in [6, 6.07) is 0. The van der Waals surface area contributed by atoms with E-state index in [2.05, 4.69) is 26.8 Å². The number of aliphatic hydroxyl groups is 15. The Morgan fingerprint density at radius 1 is 0.610 bits per heavy atom. The van der Waals surface area contributed by atoms with E-state index in [1.54, 1.807) is 0 Å². The number of aliphatic hydroxyl groups excluding tert-OH is 15. The predicted octanol–water partition coefficient (Wildman–Crippen LogP) is -2.20. The van der Waals surface area contributed by atoms with Gasteiger partial charge in [0, 0.05) is 0 Å². The number of rotatable bonds is 15. The fourth-order valence-electron chi connectivity index (χ4n) is 16.3. The Hall–Kier alpha value is -1.18. The van der Waals surface area contributed by atoms with E-state index in [-0.39, 0.29) is 5.92 Å². The zero-order valence-corrected chi connectivity index (χ0v) is 45.9. The zero-order valence-electron chi connectivity index (χ0n) is 45.9. The van der Waals surface area contributed by atoms with Gasteiger partial charge in [-0.1, -0.05) is 46.3 Å². The Morgan fingerprint density at radius 3 is 1.79 bits per heavy atom. The van der Waals surface area contributed by atoms with E-state index in [0.717, 1.165) is 5.57 Å². The summed E-state index contributed by atoms with van der Waals surface area (Å²) in [5, 5.41) is 165. The molecule has 8 rings (SSSR count). The Bertz CT molecular complexity index is 2010. The number of hydrogen-bond donors (Lipinski definition) is 15. The molecular weight excluding hydrogens is 1020 g/mol. The molecule has 0 unspecified atom stereocenters. The molecule has 4 saturated carbocycles. The molecule has 4 aliphatic heterocycles. The molecule has 8 fully saturated rings. The third-order valence-electron chi connectivity index (χ3n) is 20.8. The summed E-state index contributed by atoms with van der Waals surface area (Å²) >= 11 is 0. The molecule has 77 heavy (non-hydrogen) atoms. The first kappa shape index (κ1) is 61.9. The van der Waals surface area contributed by atoms with E-state index >= 15 is 0 Å². The van der Waals surface area contributed by atoms with E-state index < -0.39 is 206 Å². The van der Waals surface area contributed by atoms with Crippen molar-refractivity contribution >= 4 is 0 Å². The maximum absolute atomic E-state index is 12.9. The highest BCUT2D eigenvalue weighted by Crippen LogP contribution is 2.76. The van der Waals surface area contributed by atoms with Crippen LogP contribution in [0.3, 0.4) is 0 Å². The minimum atomic E-state index is -1.81. The van der Waals surface area contributed by atoms with Gasteiger partial charge in [0.15, 0.2) is 25.2 Å². The normalized spacial score (nSPS) is 53.6. The molecule has 23 heteroatoms. The summed E-state index contributed by atoms with van der Waals surface area (Å²) in [5.41, 5.74) is -2.90. The van der Waals surface area contributed by atoms with Crippen LogP contribution in [0.15, 0.2) is 11.6 Å². The van der Waals surface area contributed by atoms with Crippen LogP contribution < -0.4 is 0 Å². The van der Waals surface area contributed by atoms with Crippen LogP contribution in [0.2, 0.25) is 0 Å². The van der Waals surface area contributed by atoms with Crippen molar-refractivity contribution in [1.29, 1.82) is 0 Å². The van der Waals surface area contributed by atoms with Crippen LogP contribution >= 0.6 is 0 Å². The van der Waals surface area contributed by atoms with Crippen LogP contribution in [0, 0.1) is 45.3 Å². The van der Waals surface area contributed by atoms with E-state index in [9.17, 15) is 76.6 Å². The van der Waals surface area contributed by atoms with Crippen LogP contribution in [0.4, 0.5) is 0 Å². The average molecular weight is 1110 g/mol. The number of allylic oxidation sites excluding steroid dienone is 2. The Labute approximate surface area is 450 Å². The number of ether oxygens (including phenoxy) is 8. The molecular formula is C54H92O23. The van der Waals surface area contributed by atoms with Crippen molar-refractivity contribution in [2.75, 3.05) is 19.8 Å². The molecule has 0 amide bonds. The molecule has 0 aromatic carbocycles. The maximum Gasteiger partial charge on any atom is 0.187 e. The fourth-order valence-corrected chi connectivity index (χ4v) is 16.3. The third kappa shape index (κ3) is 10.8. The lowest BCUT2D eigenvalue weighted by atomic mass is 9.34. The first-order valence-corrected chi connectivity index (χ1v) is 27.8. The SMILES string of the molecule is CC(C)=CCC[C@](C)(O[C@H]1O[C@H](CO[C@H]2O[C@@H](CO)[C@@H](O)[C@H](O)[C@@H]2O)[C@@H](O)[C@@H](O)[C@H]1O)[C@@H]1CC[C@]2(C)[C@H]1[C@@H](O)C[C@@H]1[C@]3(C)CC[C@@H](O)C(C)(C)[C@H]3[C@@H](O[C@H]3O[C@@H](CO)[C@H](O)[C@H](O)[C@H]3O[C@@H]3O[C@@H](C)[C@@H](O)[C@@H](O)[C@@H]3O)C[C@@]12C. The van der Waals surface area contributed by atoms with Gasteiger partial charge in [0.25, 0.3) is 0 Å². The molecule has 23 nitrogen and oxygen atoms in total. The summed E-state index contributed by atoms with van der Waals surface area (Å²) in [5.74, 6) is -1.45. The van der Waals surface area contributed by atoms with Crippen molar-refractivity contribution in [3.8, 4) is 0 Å². The Balaban J connectivity index is 1.11. The molecule has 4 heterocycles. The van der Waals surface area contributed by atoms with Crippen LogP contribution in [0.1, 0.15) is 114 Å². The second kappa shape index (κ2) is 23.1. The van der Waals surface area contributed by atoms with Gasteiger partial charge in [0.1, 0.15) is 91.6 Å². The first-order chi connectivity index (χ1) is 35.9. The van der Waals surface area contributed by atoms with Crippen molar-refractivity contribution in [1.82, 2.24) is 0 Å². The summed E-state index contributed by atoms with van der Waals surface area (Å²) in [6.45, 7) is 15.9. The molecule has 0 aromatic rings. The van der Waals surface area contributed by atoms with Crippen LogP contribution in [-0.4, -0.2) is 243 Å². The van der Waals surface area contributed by atoms with Gasteiger partial charge in [-0.25, -0.2) is 0 Å². The zero-order chi connectivity index (χ0) is 56.8. The van der Waals surface area contributed by atoms with Crippen molar-refractivity contribution in [3.05, 3.63) is 11.6 Å². The minimum Gasteiger partial charge on any atom is -0.394 e. The Kier molecular flexibility index (Phi) is 18.6. The molecule has 8 aliphatic rings. The van der Waals surface area contributed by atoms with Crippen LogP contribution in [0.25, 0.3) is 0 Å². The summed E-state index contributed by atoms with van der Waals surface area (Å²) in [7, 11) is 0. The topological polar surface area (TPSA) is 377 Å². The van der Waals surface area contributed by atoms with Crippen molar-refractivity contribution in [2.45, 2.75) is 260 Å². The van der Waals surface area contributed by atoms with Gasteiger partial charge in [-0.3, -0.25) is 0 Å². The van der Waals surface area contributed by atoms with Gasteiger partial charge < -0.3 is 114 Å². The monoisotopic (exact) mass is 1110 g/mol. The van der Waals surface area contributed by atoms with E-state index in [1.807, 2.05) is 34.6 Å². The Morgan fingerprint density at radius 2 is 1.17 bits per heavy atom. The highest BCUT2D eigenvalue weighted by Gasteiger charge is 2.74. The molecule has 31 atom stereocenters. The summed E-state index contributed by atoms with van der Waals surface area (Å²) in [6.07, 6.45) is -28.4. The smallest absolute Gasteiger partial charge is 0.187 e. The van der Waals surface area contributed by atoms with Gasteiger partial charge in [-0.2, -0.15) is 0 Å². The summed E-state index contributed by atoms with van der Waals surface area (Å²) < 4.78 is 49.8. The maximum atomic E-state index is 12.9. The lowest BCUT2D eigenvalue weighted by Gasteiger charge is -2.72. The lowest BCUT2D eigenvalue weighted by molar-refractivity contribution is -0.382. The second-order valence-electron chi connectivity index (χ2n) is 25.9. The molecule has 0 aromatic heterocycles. The van der Waals surface area contributed by atoms with E-state index in [1.165, 1.54) is 6.92 Å². The molecule has 446 valence electrons. The molecule has 0 spiro atoms. The average Bonchev–Trinajstić information content (AvgIpc) is 3.86. The van der Waals surface area contributed by atoms with E-state index in [0.29, 0.717) is 51.4 Å². The van der Waals surface area contributed by atoms with Gasteiger partial charge in [-0.15, -0.1) is 0 Å². The third-order valence-corrected chi connectivity index (χ3v) is 20.8. The largest absolute Gasteiger partial charge is 0.394 e. The second-order valence-corrected chi connectivity index (χ2v) is 25.9. The minimum absolute atomic E-state index is 0.152. The lowest BCUT2D eigenvalue weighted by Crippen LogP contribution is -2.71. The first-order valence-electron chi connectivity index (χ1n) is 27.8. The van der Waals surface area contributed by atoms with Gasteiger partial charge in [0.2, 0.25) is 0 Å². The van der Waals surface area contributed by atoms with Crippen molar-refractivity contribution in [3.63, 3.8) is 0 Å². The molecule has 15 N–H and O–H groups in total.